The normalized spacial score (nSPS) is 11.7. The summed E-state index contributed by atoms with van der Waals surface area (Å²) in [7, 11) is 1.64. The van der Waals surface area contributed by atoms with Gasteiger partial charge < -0.3 is 15.4 Å². The topological polar surface area (TPSA) is 79.4 Å². The first kappa shape index (κ1) is 20.0. The van der Waals surface area contributed by atoms with E-state index in [1.807, 2.05) is 44.4 Å². The van der Waals surface area contributed by atoms with Gasteiger partial charge >= 0.3 is 6.03 Å². The summed E-state index contributed by atoms with van der Waals surface area (Å²) in [5, 5.41) is 6.00. The van der Waals surface area contributed by atoms with Crippen molar-refractivity contribution < 1.29 is 9.53 Å². The van der Waals surface area contributed by atoms with Crippen LogP contribution < -0.4 is 15.5 Å². The zero-order valence-electron chi connectivity index (χ0n) is 15.5. The molecule has 0 saturated heterocycles. The fraction of sp³-hybridized carbons (Fsp3) is 0.389. The number of nitrogens with one attached hydrogen (secondary N) is 2. The molecule has 0 aliphatic rings. The molecule has 2 rings (SSSR count). The average molecular weight is 375 g/mol. The van der Waals surface area contributed by atoms with Gasteiger partial charge in [0.2, 0.25) is 5.95 Å². The minimum Gasteiger partial charge on any atom is -0.383 e. The molecule has 2 amide bonds. The van der Waals surface area contributed by atoms with Crippen molar-refractivity contribution in [1.29, 1.82) is 0 Å². The number of hydrogen-bond donors (Lipinski definition) is 2. The highest BCUT2D eigenvalue weighted by molar-refractivity contribution is 7.98. The van der Waals surface area contributed by atoms with Gasteiger partial charge in [0.25, 0.3) is 0 Å². The fourth-order valence-corrected chi connectivity index (χ4v) is 2.78. The molecule has 140 valence electrons. The summed E-state index contributed by atoms with van der Waals surface area (Å²) < 4.78 is 5.12. The molecule has 0 aliphatic heterocycles. The van der Waals surface area contributed by atoms with Crippen LogP contribution in [0.15, 0.2) is 41.4 Å². The third kappa shape index (κ3) is 5.34. The molecule has 1 heterocycles. The largest absolute Gasteiger partial charge is 0.383 e. The summed E-state index contributed by atoms with van der Waals surface area (Å²) in [5.74, 6) is 0.942. The van der Waals surface area contributed by atoms with Crippen LogP contribution in [0.5, 0.6) is 0 Å². The highest BCUT2D eigenvalue weighted by Crippen LogP contribution is 2.26. The Labute approximate surface area is 158 Å². The predicted molar refractivity (Wildman–Crippen MR) is 106 cm³/mol. The maximum absolute atomic E-state index is 12.6. The summed E-state index contributed by atoms with van der Waals surface area (Å²) in [6.07, 6.45) is 3.65. The Bertz CT molecular complexity index is 711. The maximum atomic E-state index is 12.6. The Morgan fingerprint density at radius 3 is 2.65 bits per heavy atom. The van der Waals surface area contributed by atoms with Crippen LogP contribution in [0, 0.1) is 0 Å². The number of carbonyl (C=O) groups excluding carboxylic acids is 1. The molecule has 0 aliphatic carbocycles. The van der Waals surface area contributed by atoms with Crippen molar-refractivity contribution in [3.8, 4) is 0 Å². The molecule has 0 radical (unpaired) electrons. The van der Waals surface area contributed by atoms with Gasteiger partial charge in [0, 0.05) is 36.9 Å². The molecule has 0 fully saturated rings. The Kier molecular flexibility index (Phi) is 7.68. The second kappa shape index (κ2) is 9.98. The molecule has 1 aromatic carbocycles. The molecular formula is C18H25N5O2S. The van der Waals surface area contributed by atoms with Crippen LogP contribution in [0.4, 0.5) is 22.2 Å². The summed E-state index contributed by atoms with van der Waals surface area (Å²) >= 11 is 1.65. The molecule has 8 heteroatoms. The Balaban J connectivity index is 2.34. The van der Waals surface area contributed by atoms with Crippen LogP contribution in [-0.2, 0) is 4.74 Å². The first-order valence-corrected chi connectivity index (χ1v) is 9.62. The molecule has 2 aromatic rings. The lowest BCUT2D eigenvalue weighted by molar-refractivity contribution is 0.190. The van der Waals surface area contributed by atoms with Gasteiger partial charge in [0.15, 0.2) is 0 Å². The molecule has 0 bridgehead atoms. The number of aromatic nitrogens is 2. The number of urea groups is 1. The molecule has 1 atom stereocenters. The van der Waals surface area contributed by atoms with Crippen molar-refractivity contribution in [2.45, 2.75) is 24.8 Å². The van der Waals surface area contributed by atoms with Gasteiger partial charge in [0.1, 0.15) is 5.82 Å². The van der Waals surface area contributed by atoms with Crippen LogP contribution in [0.1, 0.15) is 13.8 Å². The van der Waals surface area contributed by atoms with E-state index >= 15 is 0 Å². The van der Waals surface area contributed by atoms with Crippen LogP contribution in [0.3, 0.4) is 0 Å². The van der Waals surface area contributed by atoms with Gasteiger partial charge in [0.05, 0.1) is 12.3 Å². The fourth-order valence-electron chi connectivity index (χ4n) is 2.37. The van der Waals surface area contributed by atoms with Crippen LogP contribution in [0.25, 0.3) is 0 Å². The smallest absolute Gasteiger partial charge is 0.327 e. The number of carbonyl (C=O) groups is 1. The molecule has 26 heavy (non-hydrogen) atoms. The molecule has 0 saturated carbocycles. The van der Waals surface area contributed by atoms with E-state index in [4.69, 9.17) is 4.74 Å². The molecule has 0 spiro atoms. The maximum Gasteiger partial charge on any atom is 0.327 e. The number of rotatable bonds is 8. The van der Waals surface area contributed by atoms with Crippen molar-refractivity contribution in [3.05, 3.63) is 36.5 Å². The lowest BCUT2D eigenvalue weighted by Crippen LogP contribution is -2.37. The van der Waals surface area contributed by atoms with Gasteiger partial charge in [-0.1, -0.05) is 0 Å². The summed E-state index contributed by atoms with van der Waals surface area (Å²) in [6.45, 7) is 4.91. The van der Waals surface area contributed by atoms with Crippen molar-refractivity contribution in [2.75, 3.05) is 36.7 Å². The highest BCUT2D eigenvalue weighted by atomic mass is 32.2. The minimum atomic E-state index is -0.237. The molecule has 1 aromatic heterocycles. The van der Waals surface area contributed by atoms with Crippen molar-refractivity contribution in [3.63, 3.8) is 0 Å². The number of anilines is 3. The molecular weight excluding hydrogens is 350 g/mol. The molecule has 7 nitrogen and oxygen atoms in total. The number of benzene rings is 1. The standard InChI is InChI=1S/C18H25N5O2S/c1-5-19-18(24)23(14-6-8-15(26-4)9-7-14)16-10-11-20-17(22-16)21-13(2)12-25-3/h6-11,13H,5,12H2,1-4H3,(H,19,24)(H,20,21,22)/t13-/m0/s1. The second-order valence-corrected chi connectivity index (χ2v) is 6.49. The van der Waals surface area contributed by atoms with Gasteiger partial charge in [-0.3, -0.25) is 0 Å². The second-order valence-electron chi connectivity index (χ2n) is 5.61. The van der Waals surface area contributed by atoms with Crippen molar-refractivity contribution in [2.24, 2.45) is 0 Å². The van der Waals surface area contributed by atoms with Crippen LogP contribution >= 0.6 is 11.8 Å². The third-order valence-electron chi connectivity index (χ3n) is 3.52. The number of hydrogen-bond acceptors (Lipinski definition) is 6. The SMILES string of the molecule is CCNC(=O)N(c1ccc(SC)cc1)c1ccnc(N[C@@H](C)COC)n1. The average Bonchev–Trinajstić information content (AvgIpc) is 2.63. The lowest BCUT2D eigenvalue weighted by atomic mass is 10.3. The van der Waals surface area contributed by atoms with E-state index in [0.717, 1.165) is 10.6 Å². The van der Waals surface area contributed by atoms with Gasteiger partial charge in [-0.2, -0.15) is 4.98 Å². The summed E-state index contributed by atoms with van der Waals surface area (Å²) in [5.41, 5.74) is 0.739. The minimum absolute atomic E-state index is 0.0500. The van der Waals surface area contributed by atoms with Crippen molar-refractivity contribution in [1.82, 2.24) is 15.3 Å². The number of nitrogens with zero attached hydrogens (tertiary/aromatic N) is 3. The van der Waals surface area contributed by atoms with Gasteiger partial charge in [-0.15, -0.1) is 11.8 Å². The zero-order valence-corrected chi connectivity index (χ0v) is 16.3. The Morgan fingerprint density at radius 1 is 1.31 bits per heavy atom. The monoisotopic (exact) mass is 375 g/mol. The van der Waals surface area contributed by atoms with Crippen LogP contribution in [-0.4, -0.2) is 48.6 Å². The first-order valence-electron chi connectivity index (χ1n) is 8.39. The number of amides is 2. The summed E-state index contributed by atoms with van der Waals surface area (Å²) in [4.78, 5) is 24.0. The quantitative estimate of drug-likeness (QED) is 0.688. The third-order valence-corrected chi connectivity index (χ3v) is 4.27. The van der Waals surface area contributed by atoms with E-state index in [9.17, 15) is 4.79 Å². The number of ether oxygens (including phenoxy) is 1. The van der Waals surface area contributed by atoms with E-state index < -0.39 is 0 Å². The van der Waals surface area contributed by atoms with Gasteiger partial charge in [-0.05, 0) is 44.4 Å². The van der Waals surface area contributed by atoms with E-state index in [2.05, 4.69) is 20.6 Å². The van der Waals surface area contributed by atoms with Crippen LogP contribution in [0.2, 0.25) is 0 Å². The number of methoxy groups -OCH3 is 1. The molecule has 0 unspecified atom stereocenters. The van der Waals surface area contributed by atoms with E-state index in [0.29, 0.717) is 24.9 Å². The lowest BCUT2D eigenvalue weighted by Gasteiger charge is -2.23. The zero-order chi connectivity index (χ0) is 18.9. The highest BCUT2D eigenvalue weighted by Gasteiger charge is 2.19. The van der Waals surface area contributed by atoms with Crippen molar-refractivity contribution >= 4 is 35.2 Å². The predicted octanol–water partition coefficient (Wildman–Crippen LogP) is 3.51. The van der Waals surface area contributed by atoms with E-state index in [1.54, 1.807) is 36.0 Å². The van der Waals surface area contributed by atoms with Gasteiger partial charge in [-0.25, -0.2) is 14.7 Å². The molecule has 2 N–H and O–H groups in total. The number of thioether (sulfide) groups is 1. The Morgan fingerprint density at radius 2 is 2.04 bits per heavy atom. The Hall–Kier alpha value is -2.32. The first-order chi connectivity index (χ1) is 12.6. The van der Waals surface area contributed by atoms with E-state index in [1.165, 1.54) is 0 Å². The van der Waals surface area contributed by atoms with E-state index in [-0.39, 0.29) is 12.1 Å². The summed E-state index contributed by atoms with van der Waals surface area (Å²) in [6, 6.07) is 9.30.